The molecule has 0 aliphatic rings. The highest BCUT2D eigenvalue weighted by atomic mass is 79.9. The fourth-order valence-corrected chi connectivity index (χ4v) is 1.97. The molecule has 0 saturated heterocycles. The minimum Gasteiger partial charge on any atom is -0.311 e. The topological polar surface area (TPSA) is 85.9 Å². The SMILES string of the molecule is O=[N+]([O-])c1cc(Br)ccc1CNCCn1ccnn1. The van der Waals surface area contributed by atoms with Gasteiger partial charge in [0.05, 0.1) is 17.7 Å². The van der Waals surface area contributed by atoms with E-state index < -0.39 is 0 Å². The van der Waals surface area contributed by atoms with Gasteiger partial charge in [-0.2, -0.15) is 0 Å². The van der Waals surface area contributed by atoms with E-state index >= 15 is 0 Å². The Hall–Kier alpha value is -1.80. The molecule has 0 atom stereocenters. The van der Waals surface area contributed by atoms with Crippen LogP contribution in [0.25, 0.3) is 0 Å². The Bertz CT molecular complexity index is 558. The Morgan fingerprint density at radius 1 is 1.47 bits per heavy atom. The van der Waals surface area contributed by atoms with Crippen molar-refractivity contribution >= 4 is 21.6 Å². The van der Waals surface area contributed by atoms with Gasteiger partial charge in [-0.05, 0) is 12.1 Å². The number of rotatable bonds is 6. The van der Waals surface area contributed by atoms with Crippen molar-refractivity contribution < 1.29 is 4.92 Å². The molecule has 0 fully saturated rings. The average molecular weight is 326 g/mol. The van der Waals surface area contributed by atoms with Crippen molar-refractivity contribution in [1.82, 2.24) is 20.3 Å². The number of nitrogens with one attached hydrogen (secondary N) is 1. The van der Waals surface area contributed by atoms with Gasteiger partial charge < -0.3 is 5.32 Å². The number of halogens is 1. The lowest BCUT2D eigenvalue weighted by molar-refractivity contribution is -0.385. The monoisotopic (exact) mass is 325 g/mol. The molecule has 8 heteroatoms. The predicted octanol–water partition coefficient (Wildman–Crippen LogP) is 1.74. The summed E-state index contributed by atoms with van der Waals surface area (Å²) < 4.78 is 2.40. The number of hydrogen-bond acceptors (Lipinski definition) is 5. The van der Waals surface area contributed by atoms with Crippen LogP contribution in [0.2, 0.25) is 0 Å². The molecule has 19 heavy (non-hydrogen) atoms. The van der Waals surface area contributed by atoms with E-state index in [1.165, 1.54) is 6.07 Å². The zero-order chi connectivity index (χ0) is 13.7. The highest BCUT2D eigenvalue weighted by Crippen LogP contribution is 2.23. The van der Waals surface area contributed by atoms with E-state index in [2.05, 4.69) is 31.6 Å². The summed E-state index contributed by atoms with van der Waals surface area (Å²) in [5.74, 6) is 0. The molecule has 1 aromatic carbocycles. The number of benzene rings is 1. The third-order valence-electron chi connectivity index (χ3n) is 2.55. The molecule has 0 aliphatic heterocycles. The van der Waals surface area contributed by atoms with Gasteiger partial charge in [0.15, 0.2) is 0 Å². The minimum atomic E-state index is -0.376. The van der Waals surface area contributed by atoms with E-state index in [1.807, 2.05) is 0 Å². The van der Waals surface area contributed by atoms with Gasteiger partial charge in [0.1, 0.15) is 0 Å². The molecule has 0 radical (unpaired) electrons. The first kappa shape index (κ1) is 13.6. The van der Waals surface area contributed by atoms with Crippen LogP contribution in [0.15, 0.2) is 35.1 Å². The van der Waals surface area contributed by atoms with Crippen LogP contribution in [0, 0.1) is 10.1 Å². The van der Waals surface area contributed by atoms with Crippen LogP contribution in [0.4, 0.5) is 5.69 Å². The number of aromatic nitrogens is 3. The Labute approximate surface area is 117 Å². The first-order valence-corrected chi connectivity index (χ1v) is 6.44. The molecule has 1 heterocycles. The lowest BCUT2D eigenvalue weighted by atomic mass is 10.2. The van der Waals surface area contributed by atoms with E-state index in [0.29, 0.717) is 29.7 Å². The average Bonchev–Trinajstić information content (AvgIpc) is 2.89. The third kappa shape index (κ3) is 3.83. The first-order chi connectivity index (χ1) is 9.16. The predicted molar refractivity (Wildman–Crippen MR) is 72.5 cm³/mol. The maximum absolute atomic E-state index is 10.9. The molecular weight excluding hydrogens is 314 g/mol. The van der Waals surface area contributed by atoms with Gasteiger partial charge in [0.25, 0.3) is 5.69 Å². The number of nitrogens with zero attached hydrogens (tertiary/aromatic N) is 4. The molecular formula is C11H12BrN5O2. The highest BCUT2D eigenvalue weighted by molar-refractivity contribution is 9.10. The van der Waals surface area contributed by atoms with Gasteiger partial charge in [-0.15, -0.1) is 5.10 Å². The lowest BCUT2D eigenvalue weighted by Gasteiger charge is -2.06. The fraction of sp³-hybridized carbons (Fsp3) is 0.273. The molecule has 0 saturated carbocycles. The molecule has 100 valence electrons. The van der Waals surface area contributed by atoms with Gasteiger partial charge in [-0.1, -0.05) is 21.1 Å². The van der Waals surface area contributed by atoms with Crippen molar-refractivity contribution in [2.24, 2.45) is 0 Å². The Balaban J connectivity index is 1.90. The largest absolute Gasteiger partial charge is 0.311 e. The van der Waals surface area contributed by atoms with Crippen molar-refractivity contribution in [2.75, 3.05) is 6.54 Å². The standard InChI is InChI=1S/C11H12BrN5O2/c12-10-2-1-9(11(7-10)17(18)19)8-13-3-5-16-6-4-14-15-16/h1-2,4,6-7,13H,3,5,8H2. The highest BCUT2D eigenvalue weighted by Gasteiger charge is 2.13. The molecule has 2 rings (SSSR count). The van der Waals surface area contributed by atoms with Crippen LogP contribution < -0.4 is 5.32 Å². The Kier molecular flexibility index (Phi) is 4.58. The second-order valence-electron chi connectivity index (χ2n) is 3.87. The summed E-state index contributed by atoms with van der Waals surface area (Å²) in [5, 5.41) is 21.6. The second-order valence-corrected chi connectivity index (χ2v) is 4.79. The molecule has 0 spiro atoms. The molecule has 0 unspecified atom stereocenters. The van der Waals surface area contributed by atoms with Gasteiger partial charge >= 0.3 is 0 Å². The first-order valence-electron chi connectivity index (χ1n) is 5.64. The molecule has 1 aromatic heterocycles. The van der Waals surface area contributed by atoms with Crippen molar-refractivity contribution in [3.8, 4) is 0 Å². The fourth-order valence-electron chi connectivity index (χ4n) is 1.63. The minimum absolute atomic E-state index is 0.114. The molecule has 1 N–H and O–H groups in total. The molecule has 0 bridgehead atoms. The van der Waals surface area contributed by atoms with Gasteiger partial charge in [-0.25, -0.2) is 0 Å². The Morgan fingerprint density at radius 3 is 3.00 bits per heavy atom. The summed E-state index contributed by atoms with van der Waals surface area (Å²) in [6, 6.07) is 5.04. The third-order valence-corrected chi connectivity index (χ3v) is 3.04. The van der Waals surface area contributed by atoms with Crippen LogP contribution in [-0.2, 0) is 13.1 Å². The van der Waals surface area contributed by atoms with E-state index in [-0.39, 0.29) is 10.6 Å². The zero-order valence-electron chi connectivity index (χ0n) is 9.99. The van der Waals surface area contributed by atoms with E-state index in [1.54, 1.807) is 29.2 Å². The number of nitro benzene ring substituents is 1. The number of hydrogen-bond donors (Lipinski definition) is 1. The van der Waals surface area contributed by atoms with E-state index in [0.717, 1.165) is 0 Å². The zero-order valence-corrected chi connectivity index (χ0v) is 11.6. The molecule has 0 amide bonds. The van der Waals surface area contributed by atoms with Crippen molar-refractivity contribution in [2.45, 2.75) is 13.1 Å². The normalized spacial score (nSPS) is 10.6. The summed E-state index contributed by atoms with van der Waals surface area (Å²) in [6.07, 6.45) is 3.38. The summed E-state index contributed by atoms with van der Waals surface area (Å²) in [4.78, 5) is 10.6. The second kappa shape index (κ2) is 6.39. The van der Waals surface area contributed by atoms with Crippen molar-refractivity contribution in [1.29, 1.82) is 0 Å². The van der Waals surface area contributed by atoms with E-state index in [4.69, 9.17) is 0 Å². The van der Waals surface area contributed by atoms with Crippen LogP contribution >= 0.6 is 15.9 Å². The van der Waals surface area contributed by atoms with Crippen LogP contribution in [0.1, 0.15) is 5.56 Å². The maximum atomic E-state index is 10.9. The van der Waals surface area contributed by atoms with Gasteiger partial charge in [-0.3, -0.25) is 14.8 Å². The Morgan fingerprint density at radius 2 is 2.32 bits per heavy atom. The number of nitro groups is 1. The lowest BCUT2D eigenvalue weighted by Crippen LogP contribution is -2.20. The van der Waals surface area contributed by atoms with Gasteiger partial charge in [0.2, 0.25) is 0 Å². The molecule has 7 nitrogen and oxygen atoms in total. The molecule has 2 aromatic rings. The van der Waals surface area contributed by atoms with Crippen LogP contribution in [0.3, 0.4) is 0 Å². The molecule has 0 aliphatic carbocycles. The summed E-state index contributed by atoms with van der Waals surface area (Å²) in [5.41, 5.74) is 0.773. The quantitative estimate of drug-likeness (QED) is 0.496. The van der Waals surface area contributed by atoms with Crippen molar-refractivity contribution in [3.63, 3.8) is 0 Å². The smallest absolute Gasteiger partial charge is 0.275 e. The summed E-state index contributed by atoms with van der Waals surface area (Å²) >= 11 is 3.23. The van der Waals surface area contributed by atoms with Crippen molar-refractivity contribution in [3.05, 3.63) is 50.7 Å². The summed E-state index contributed by atoms with van der Waals surface area (Å²) in [7, 11) is 0. The van der Waals surface area contributed by atoms with Crippen LogP contribution in [-0.4, -0.2) is 26.5 Å². The van der Waals surface area contributed by atoms with E-state index in [9.17, 15) is 10.1 Å². The van der Waals surface area contributed by atoms with Gasteiger partial charge in [0, 0.05) is 35.4 Å². The maximum Gasteiger partial charge on any atom is 0.275 e. The van der Waals surface area contributed by atoms with Crippen LogP contribution in [0.5, 0.6) is 0 Å². The summed E-state index contributed by atoms with van der Waals surface area (Å²) in [6.45, 7) is 1.78.